The quantitative estimate of drug-likeness (QED) is 0.392. The van der Waals surface area contributed by atoms with Gasteiger partial charge in [-0.25, -0.2) is 4.39 Å². The molecule has 154 valence electrons. The third-order valence-electron chi connectivity index (χ3n) is 4.17. The van der Waals surface area contributed by atoms with Crippen LogP contribution in [0.3, 0.4) is 0 Å². The molecule has 0 aliphatic heterocycles. The predicted molar refractivity (Wildman–Crippen MR) is 100 cm³/mol. The van der Waals surface area contributed by atoms with E-state index in [1.165, 1.54) is 30.6 Å². The van der Waals surface area contributed by atoms with Crippen LogP contribution in [-0.4, -0.2) is 24.4 Å². The van der Waals surface area contributed by atoms with E-state index < -0.39 is 28.7 Å². The molecule has 4 rings (SSSR count). The van der Waals surface area contributed by atoms with Gasteiger partial charge in [-0.3, -0.25) is 14.2 Å². The zero-order valence-corrected chi connectivity index (χ0v) is 15.7. The summed E-state index contributed by atoms with van der Waals surface area (Å²) in [6.07, 6.45) is -1.90. The molecule has 1 aromatic carbocycles. The van der Waals surface area contributed by atoms with Crippen LogP contribution in [0, 0.1) is 5.82 Å². The second-order valence-electron chi connectivity index (χ2n) is 6.15. The van der Waals surface area contributed by atoms with Gasteiger partial charge >= 0.3 is 6.18 Å². The van der Waals surface area contributed by atoms with E-state index in [1.54, 1.807) is 0 Å². The fourth-order valence-electron chi connectivity index (χ4n) is 2.69. The van der Waals surface area contributed by atoms with E-state index in [2.05, 4.69) is 15.2 Å². The Balaban J connectivity index is 1.73. The van der Waals surface area contributed by atoms with E-state index >= 15 is 0 Å². The molecule has 3 aromatic heterocycles. The van der Waals surface area contributed by atoms with Crippen molar-refractivity contribution in [1.82, 2.24) is 24.4 Å². The lowest BCUT2D eigenvalue weighted by atomic mass is 10.1. The zero-order valence-electron chi connectivity index (χ0n) is 14.9. The Morgan fingerprint density at radius 3 is 2.50 bits per heavy atom. The van der Waals surface area contributed by atoms with E-state index in [4.69, 9.17) is 0 Å². The molecule has 0 spiro atoms. The molecule has 0 amide bonds. The second kappa shape index (κ2) is 7.44. The van der Waals surface area contributed by atoms with Gasteiger partial charge in [0.25, 0.3) is 11.1 Å². The molecule has 0 unspecified atom stereocenters. The van der Waals surface area contributed by atoms with Crippen LogP contribution in [-0.2, 0) is 11.9 Å². The zero-order chi connectivity index (χ0) is 21.5. The Labute approximate surface area is 169 Å². The number of H-pyrrole nitrogens is 1. The van der Waals surface area contributed by atoms with Gasteiger partial charge in [-0.1, -0.05) is 23.9 Å². The van der Waals surface area contributed by atoms with Gasteiger partial charge < -0.3 is 4.98 Å². The average molecular weight is 437 g/mol. The van der Waals surface area contributed by atoms with Crippen LogP contribution in [0.5, 0.6) is 0 Å². The van der Waals surface area contributed by atoms with Gasteiger partial charge in [0.1, 0.15) is 0 Å². The van der Waals surface area contributed by atoms with Gasteiger partial charge in [0.15, 0.2) is 16.5 Å². The van der Waals surface area contributed by atoms with Crippen molar-refractivity contribution in [2.45, 2.75) is 17.1 Å². The number of alkyl halides is 3. The number of nitrogens with one attached hydrogen (secondary N) is 1. The third kappa shape index (κ3) is 3.73. The van der Waals surface area contributed by atoms with Crippen LogP contribution < -0.4 is 11.1 Å². The minimum Gasteiger partial charge on any atom is -0.324 e. The first-order chi connectivity index (χ1) is 14.2. The van der Waals surface area contributed by atoms with Crippen molar-refractivity contribution in [3.63, 3.8) is 0 Å². The monoisotopic (exact) mass is 437 g/mol. The van der Waals surface area contributed by atoms with Crippen molar-refractivity contribution in [1.29, 1.82) is 0 Å². The lowest BCUT2D eigenvalue weighted by Crippen LogP contribution is -2.25. The molecule has 7 nitrogen and oxygen atoms in total. The molecule has 1 N–H and O–H groups in total. The van der Waals surface area contributed by atoms with Crippen molar-refractivity contribution in [2.24, 2.45) is 0 Å². The number of aromatic nitrogens is 5. The molecule has 0 saturated carbocycles. The Morgan fingerprint density at radius 1 is 1.10 bits per heavy atom. The molecule has 0 atom stereocenters. The minimum absolute atomic E-state index is 0.0446. The van der Waals surface area contributed by atoms with Gasteiger partial charge in [0.2, 0.25) is 0 Å². The number of thioether (sulfide) groups is 1. The fraction of sp³-hybridized carbons (Fsp3) is 0.111. The molecular formula is C18H11F4N5O2S. The van der Waals surface area contributed by atoms with Crippen LogP contribution in [0.1, 0.15) is 11.1 Å². The van der Waals surface area contributed by atoms with Crippen molar-refractivity contribution < 1.29 is 17.6 Å². The van der Waals surface area contributed by atoms with Crippen molar-refractivity contribution >= 4 is 17.3 Å². The fourth-order valence-corrected chi connectivity index (χ4v) is 3.63. The molecule has 0 saturated heterocycles. The summed E-state index contributed by atoms with van der Waals surface area (Å²) in [7, 11) is 0. The first kappa shape index (κ1) is 19.9. The van der Waals surface area contributed by atoms with Crippen LogP contribution in [0.4, 0.5) is 17.6 Å². The summed E-state index contributed by atoms with van der Waals surface area (Å²) in [4.78, 5) is 26.4. The van der Waals surface area contributed by atoms with Gasteiger partial charge in [0, 0.05) is 18.0 Å². The summed E-state index contributed by atoms with van der Waals surface area (Å²) in [5.41, 5.74) is -1.54. The molecule has 4 aromatic rings. The Morgan fingerprint density at radius 2 is 1.83 bits per heavy atom. The van der Waals surface area contributed by atoms with Crippen LogP contribution in [0.25, 0.3) is 11.2 Å². The average Bonchev–Trinajstić information content (AvgIpc) is 3.17. The molecule has 0 radical (unpaired) electrons. The number of benzene rings is 1. The summed E-state index contributed by atoms with van der Waals surface area (Å²) in [5, 5.41) is 8.27. The number of fused-ring (bicyclic) bond motifs is 1. The number of halogens is 4. The van der Waals surface area contributed by atoms with E-state index in [0.29, 0.717) is 5.56 Å². The van der Waals surface area contributed by atoms with Crippen molar-refractivity contribution in [3.8, 4) is 5.69 Å². The molecule has 0 bridgehead atoms. The van der Waals surface area contributed by atoms with Crippen LogP contribution >= 0.6 is 11.8 Å². The SMILES string of the molecule is O=c1[nH]cc(-n2c(SCc3ccc(C(F)(F)F)cc3)nn3nccc3c2=O)cc1F. The highest BCUT2D eigenvalue weighted by molar-refractivity contribution is 7.98. The third-order valence-corrected chi connectivity index (χ3v) is 5.17. The van der Waals surface area contributed by atoms with Crippen molar-refractivity contribution in [3.05, 3.63) is 86.4 Å². The maximum absolute atomic E-state index is 13.8. The summed E-state index contributed by atoms with van der Waals surface area (Å²) < 4.78 is 54.1. The van der Waals surface area contributed by atoms with E-state index in [-0.39, 0.29) is 22.1 Å². The summed E-state index contributed by atoms with van der Waals surface area (Å²) >= 11 is 1.05. The second-order valence-corrected chi connectivity index (χ2v) is 7.09. The Hall–Kier alpha value is -3.41. The van der Waals surface area contributed by atoms with E-state index in [1.807, 2.05) is 0 Å². The van der Waals surface area contributed by atoms with Gasteiger partial charge in [0.05, 0.1) is 17.4 Å². The van der Waals surface area contributed by atoms with Gasteiger partial charge in [-0.15, -0.1) is 9.73 Å². The Kier molecular flexibility index (Phi) is 4.94. The number of nitrogens with zero attached hydrogens (tertiary/aromatic N) is 4. The number of hydrogen-bond donors (Lipinski definition) is 1. The van der Waals surface area contributed by atoms with Crippen LogP contribution in [0.2, 0.25) is 0 Å². The lowest BCUT2D eigenvalue weighted by molar-refractivity contribution is -0.137. The molecule has 0 aliphatic carbocycles. The summed E-state index contributed by atoms with van der Waals surface area (Å²) in [5.74, 6) is -0.894. The van der Waals surface area contributed by atoms with Crippen molar-refractivity contribution in [2.75, 3.05) is 0 Å². The summed E-state index contributed by atoms with van der Waals surface area (Å²) in [6, 6.07) is 6.90. The largest absolute Gasteiger partial charge is 0.416 e. The molecule has 0 fully saturated rings. The van der Waals surface area contributed by atoms with Gasteiger partial charge in [-0.2, -0.15) is 18.3 Å². The maximum atomic E-state index is 13.8. The van der Waals surface area contributed by atoms with Gasteiger partial charge in [-0.05, 0) is 23.8 Å². The normalized spacial score (nSPS) is 11.9. The number of pyridine rings is 1. The highest BCUT2D eigenvalue weighted by Gasteiger charge is 2.29. The van der Waals surface area contributed by atoms with E-state index in [9.17, 15) is 27.2 Å². The minimum atomic E-state index is -4.44. The molecule has 12 heteroatoms. The molecular weight excluding hydrogens is 426 g/mol. The van der Waals surface area contributed by atoms with Crippen LogP contribution in [0.15, 0.2) is 63.5 Å². The number of aromatic amines is 1. The standard InChI is InChI=1S/C18H11F4N5O2S/c19-13-7-12(8-23-15(13)28)26-16(29)14-5-6-24-27(14)25-17(26)30-9-10-1-3-11(4-2-10)18(20,21)22/h1-8H,9H2,(H,23,28). The smallest absolute Gasteiger partial charge is 0.324 e. The maximum Gasteiger partial charge on any atom is 0.416 e. The first-order valence-electron chi connectivity index (χ1n) is 8.38. The topological polar surface area (TPSA) is 85.1 Å². The molecule has 3 heterocycles. The number of hydrogen-bond acceptors (Lipinski definition) is 5. The molecule has 30 heavy (non-hydrogen) atoms. The predicted octanol–water partition coefficient (Wildman–Crippen LogP) is 3.02. The molecule has 0 aliphatic rings. The first-order valence-corrected chi connectivity index (χ1v) is 9.37. The highest BCUT2D eigenvalue weighted by Crippen LogP contribution is 2.30. The lowest BCUT2D eigenvalue weighted by Gasteiger charge is -2.12. The van der Waals surface area contributed by atoms with E-state index in [0.717, 1.165) is 39.2 Å². The Bertz CT molecular complexity index is 1340. The highest BCUT2D eigenvalue weighted by atomic mass is 32.2. The number of rotatable bonds is 4. The summed E-state index contributed by atoms with van der Waals surface area (Å²) in [6.45, 7) is 0.